The minimum atomic E-state index is -0.842. The number of carbonyl (C=O) groups excluding carboxylic acids is 1. The molecule has 0 aromatic carbocycles. The van der Waals surface area contributed by atoms with E-state index >= 15 is 0 Å². The van der Waals surface area contributed by atoms with Gasteiger partial charge in [-0.3, -0.25) is 4.79 Å². The van der Waals surface area contributed by atoms with Crippen LogP contribution in [0.3, 0.4) is 0 Å². The third-order valence-corrected chi connectivity index (χ3v) is 5.90. The fourth-order valence-electron chi connectivity index (χ4n) is 4.41. The van der Waals surface area contributed by atoms with Gasteiger partial charge in [0, 0.05) is 11.8 Å². The van der Waals surface area contributed by atoms with Crippen molar-refractivity contribution in [3.63, 3.8) is 0 Å². The van der Waals surface area contributed by atoms with Gasteiger partial charge in [0.15, 0.2) is 11.4 Å². The summed E-state index contributed by atoms with van der Waals surface area (Å²) in [6, 6.07) is 0. The number of ketones is 1. The zero-order valence-electron chi connectivity index (χ0n) is 11.4. The zero-order valence-corrected chi connectivity index (χ0v) is 11.4. The van der Waals surface area contributed by atoms with E-state index in [9.17, 15) is 9.90 Å². The summed E-state index contributed by atoms with van der Waals surface area (Å²) in [7, 11) is 0. The van der Waals surface area contributed by atoms with Crippen LogP contribution >= 0.6 is 0 Å². The van der Waals surface area contributed by atoms with Crippen LogP contribution in [0, 0.1) is 10.8 Å². The lowest BCUT2D eigenvalue weighted by Gasteiger charge is -2.64. The molecule has 1 spiro atoms. The number of fused-ring (bicyclic) bond motifs is 1. The van der Waals surface area contributed by atoms with Crippen LogP contribution in [0.4, 0.5) is 0 Å². The molecule has 1 saturated heterocycles. The van der Waals surface area contributed by atoms with Gasteiger partial charge in [-0.1, -0.05) is 13.8 Å². The Balaban J connectivity index is 2.09. The molecule has 3 rings (SSSR count). The Morgan fingerprint density at radius 1 is 1.28 bits per heavy atom. The molecule has 3 aliphatic rings. The average Bonchev–Trinajstić information content (AvgIpc) is 2.33. The molecule has 102 valence electrons. The number of hydrogen-bond donors (Lipinski definition) is 1. The van der Waals surface area contributed by atoms with Crippen molar-refractivity contribution in [3.8, 4) is 0 Å². The van der Waals surface area contributed by atoms with Crippen LogP contribution < -0.4 is 0 Å². The van der Waals surface area contributed by atoms with Crippen molar-refractivity contribution in [2.45, 2.75) is 70.7 Å². The quantitative estimate of drug-likeness (QED) is 0.672. The van der Waals surface area contributed by atoms with E-state index in [1.165, 1.54) is 0 Å². The van der Waals surface area contributed by atoms with Crippen LogP contribution in [0.25, 0.3) is 0 Å². The molecule has 0 aromatic rings. The van der Waals surface area contributed by atoms with E-state index in [0.29, 0.717) is 12.8 Å². The largest absolute Gasteiger partial charge is 0.390 e. The van der Waals surface area contributed by atoms with E-state index in [1.54, 1.807) is 0 Å². The van der Waals surface area contributed by atoms with Crippen molar-refractivity contribution >= 4 is 5.78 Å². The van der Waals surface area contributed by atoms with E-state index in [-0.39, 0.29) is 22.7 Å². The van der Waals surface area contributed by atoms with Crippen LogP contribution in [-0.2, 0) is 14.6 Å². The van der Waals surface area contributed by atoms with Gasteiger partial charge in [0.25, 0.3) is 0 Å². The molecule has 1 N–H and O–H groups in total. The lowest BCUT2D eigenvalue weighted by Crippen LogP contribution is -2.69. The van der Waals surface area contributed by atoms with E-state index in [2.05, 4.69) is 13.8 Å². The van der Waals surface area contributed by atoms with Crippen molar-refractivity contribution < 1.29 is 19.7 Å². The molecule has 4 nitrogen and oxygen atoms in total. The van der Waals surface area contributed by atoms with Crippen molar-refractivity contribution in [1.82, 2.24) is 0 Å². The van der Waals surface area contributed by atoms with Gasteiger partial charge in [0.1, 0.15) is 6.10 Å². The van der Waals surface area contributed by atoms with Gasteiger partial charge in [0.05, 0.1) is 6.10 Å². The number of hydrogen-bond acceptors (Lipinski definition) is 4. The van der Waals surface area contributed by atoms with Gasteiger partial charge in [-0.05, 0) is 38.0 Å². The van der Waals surface area contributed by atoms with E-state index in [0.717, 1.165) is 19.3 Å². The van der Waals surface area contributed by atoms with Crippen LogP contribution in [0.2, 0.25) is 0 Å². The molecule has 4 heteroatoms. The summed E-state index contributed by atoms with van der Waals surface area (Å²) in [5.41, 5.74) is -0.999. The van der Waals surface area contributed by atoms with E-state index in [1.807, 2.05) is 6.92 Å². The lowest BCUT2D eigenvalue weighted by atomic mass is 9.45. The number of Topliss-reactive ketones (excluding diaryl/α,β-unsaturated/α-hetero) is 1. The SMILES string of the molecule is CC1(C)CCC(=O)[C@@]2(C)OO[C@H]3C[C@@]12CC[C@H]3O. The highest BCUT2D eigenvalue weighted by molar-refractivity contribution is 5.89. The third-order valence-electron chi connectivity index (χ3n) is 5.90. The van der Waals surface area contributed by atoms with Crippen LogP contribution in [0.15, 0.2) is 0 Å². The highest BCUT2D eigenvalue weighted by atomic mass is 17.2. The van der Waals surface area contributed by atoms with E-state index in [4.69, 9.17) is 9.78 Å². The van der Waals surface area contributed by atoms with Gasteiger partial charge in [-0.25, -0.2) is 9.78 Å². The summed E-state index contributed by atoms with van der Waals surface area (Å²) in [6.07, 6.45) is 2.97. The monoisotopic (exact) mass is 254 g/mol. The molecule has 0 aromatic heterocycles. The third kappa shape index (κ3) is 1.29. The minimum absolute atomic E-state index is 0.0395. The molecule has 4 atom stereocenters. The number of rotatable bonds is 0. The molecule has 0 amide bonds. The standard InChI is InChI=1S/C14H22O4/c1-12(2)6-5-11(16)13(3)14(12)7-4-9(15)10(8-14)17-18-13/h9-10,15H,4-8H2,1-3H3/t9-,10+,13-,14+/m1/s1. The first kappa shape index (κ1) is 12.6. The normalized spacial score (nSPS) is 50.8. The smallest absolute Gasteiger partial charge is 0.168 e. The fourth-order valence-corrected chi connectivity index (χ4v) is 4.41. The maximum Gasteiger partial charge on any atom is 0.168 e. The lowest BCUT2D eigenvalue weighted by molar-refractivity contribution is -0.456. The maximum atomic E-state index is 12.3. The molecule has 2 aliphatic carbocycles. The Kier molecular flexibility index (Phi) is 2.48. The van der Waals surface area contributed by atoms with Gasteiger partial charge >= 0.3 is 0 Å². The Bertz CT molecular complexity index is 391. The van der Waals surface area contributed by atoms with Gasteiger partial charge in [-0.2, -0.15) is 0 Å². The van der Waals surface area contributed by atoms with Crippen molar-refractivity contribution in [2.24, 2.45) is 10.8 Å². The van der Waals surface area contributed by atoms with Gasteiger partial charge in [0.2, 0.25) is 0 Å². The summed E-state index contributed by atoms with van der Waals surface area (Å²) >= 11 is 0. The Hall–Kier alpha value is -0.450. The minimum Gasteiger partial charge on any atom is -0.390 e. The molecule has 0 unspecified atom stereocenters. The molecule has 2 bridgehead atoms. The van der Waals surface area contributed by atoms with Crippen molar-refractivity contribution in [3.05, 3.63) is 0 Å². The van der Waals surface area contributed by atoms with Crippen molar-refractivity contribution in [1.29, 1.82) is 0 Å². The highest BCUT2D eigenvalue weighted by Crippen LogP contribution is 2.64. The van der Waals surface area contributed by atoms with Crippen LogP contribution in [0.5, 0.6) is 0 Å². The Morgan fingerprint density at radius 3 is 2.72 bits per heavy atom. The molecule has 18 heavy (non-hydrogen) atoms. The average molecular weight is 254 g/mol. The first-order valence-corrected chi connectivity index (χ1v) is 6.88. The molecule has 3 fully saturated rings. The zero-order chi connectivity index (χ0) is 13.2. The highest BCUT2D eigenvalue weighted by Gasteiger charge is 2.68. The first-order chi connectivity index (χ1) is 8.32. The van der Waals surface area contributed by atoms with E-state index < -0.39 is 11.7 Å². The topological polar surface area (TPSA) is 55.8 Å². The summed E-state index contributed by atoms with van der Waals surface area (Å²) in [5.74, 6) is 0.150. The van der Waals surface area contributed by atoms with Crippen molar-refractivity contribution in [2.75, 3.05) is 0 Å². The number of aliphatic hydroxyl groups is 1. The molecule has 1 aliphatic heterocycles. The predicted molar refractivity (Wildman–Crippen MR) is 64.7 cm³/mol. The summed E-state index contributed by atoms with van der Waals surface area (Å²) in [4.78, 5) is 23.2. The van der Waals surface area contributed by atoms with Crippen LogP contribution in [0.1, 0.15) is 52.9 Å². The number of carbonyl (C=O) groups is 1. The first-order valence-electron chi connectivity index (χ1n) is 6.88. The second-order valence-corrected chi connectivity index (χ2v) is 6.95. The molecule has 0 radical (unpaired) electrons. The fraction of sp³-hybridized carbons (Fsp3) is 0.929. The maximum absolute atomic E-state index is 12.3. The Morgan fingerprint density at radius 2 is 2.00 bits per heavy atom. The molecule has 2 saturated carbocycles. The molecule has 1 heterocycles. The second kappa shape index (κ2) is 3.56. The summed E-state index contributed by atoms with van der Waals surface area (Å²) < 4.78 is 0. The van der Waals surface area contributed by atoms with Crippen LogP contribution in [-0.4, -0.2) is 28.7 Å². The second-order valence-electron chi connectivity index (χ2n) is 6.95. The molecular formula is C14H22O4. The molecular weight excluding hydrogens is 232 g/mol. The summed E-state index contributed by atoms with van der Waals surface area (Å²) in [6.45, 7) is 6.33. The van der Waals surface area contributed by atoms with Gasteiger partial charge in [-0.15, -0.1) is 0 Å². The van der Waals surface area contributed by atoms with Gasteiger partial charge < -0.3 is 5.11 Å². The Labute approximate surface area is 108 Å². The summed E-state index contributed by atoms with van der Waals surface area (Å²) in [5, 5.41) is 9.94. The number of aliphatic hydroxyl groups excluding tert-OH is 1. The predicted octanol–water partition coefficient (Wildman–Crippen LogP) is 2.00.